The molecule has 0 aliphatic heterocycles. The highest BCUT2D eigenvalue weighted by Crippen LogP contribution is 2.29. The highest BCUT2D eigenvalue weighted by atomic mass is 35.5. The van der Waals surface area contributed by atoms with Gasteiger partial charge in [0, 0.05) is 5.69 Å². The molecule has 1 aromatic heterocycles. The quantitative estimate of drug-likeness (QED) is 0.871. The van der Waals surface area contributed by atoms with E-state index in [1.165, 1.54) is 12.1 Å². The van der Waals surface area contributed by atoms with Crippen molar-refractivity contribution in [2.75, 3.05) is 11.1 Å². The average Bonchev–Trinajstić information content (AvgIpc) is 2.31. The van der Waals surface area contributed by atoms with Crippen LogP contribution in [0.4, 0.5) is 21.7 Å². The minimum Gasteiger partial charge on any atom is -0.382 e. The number of pyridine rings is 1. The van der Waals surface area contributed by atoms with Crippen molar-refractivity contribution in [3.63, 3.8) is 0 Å². The predicted molar refractivity (Wildman–Crippen MR) is 73.1 cm³/mol. The van der Waals surface area contributed by atoms with Crippen LogP contribution in [0.5, 0.6) is 0 Å². The lowest BCUT2D eigenvalue weighted by Gasteiger charge is -2.09. The molecule has 6 heteroatoms. The van der Waals surface area contributed by atoms with E-state index in [0.717, 1.165) is 0 Å². The van der Waals surface area contributed by atoms with Crippen LogP contribution in [0, 0.1) is 12.7 Å². The first-order valence-corrected chi connectivity index (χ1v) is 5.87. The summed E-state index contributed by atoms with van der Waals surface area (Å²) in [5, 5.41) is 3.48. The van der Waals surface area contributed by atoms with Gasteiger partial charge in [-0.1, -0.05) is 29.3 Å². The van der Waals surface area contributed by atoms with Gasteiger partial charge in [0.1, 0.15) is 11.6 Å². The van der Waals surface area contributed by atoms with Gasteiger partial charge < -0.3 is 11.1 Å². The number of nitrogens with one attached hydrogen (secondary N) is 1. The molecule has 0 radical (unpaired) electrons. The SMILES string of the molecule is Cc1ccc(Nc2nc(N)c(Cl)cc2Cl)cc1F. The molecule has 0 aliphatic carbocycles. The summed E-state index contributed by atoms with van der Waals surface area (Å²) in [7, 11) is 0. The van der Waals surface area contributed by atoms with Crippen LogP contribution in [0.3, 0.4) is 0 Å². The first kappa shape index (κ1) is 12.9. The Morgan fingerprint density at radius 1 is 1.22 bits per heavy atom. The number of benzene rings is 1. The van der Waals surface area contributed by atoms with Crippen molar-refractivity contribution in [1.29, 1.82) is 0 Å². The zero-order chi connectivity index (χ0) is 13.3. The average molecular weight is 286 g/mol. The molecule has 0 spiro atoms. The smallest absolute Gasteiger partial charge is 0.151 e. The Labute approximate surface area is 114 Å². The van der Waals surface area contributed by atoms with Crippen LogP contribution in [-0.2, 0) is 0 Å². The van der Waals surface area contributed by atoms with E-state index in [1.54, 1.807) is 19.1 Å². The lowest BCUT2D eigenvalue weighted by Crippen LogP contribution is -1.99. The number of hydrogen-bond acceptors (Lipinski definition) is 3. The molecule has 0 bridgehead atoms. The Balaban J connectivity index is 2.34. The third-order valence-electron chi connectivity index (χ3n) is 2.39. The van der Waals surface area contributed by atoms with E-state index in [4.69, 9.17) is 28.9 Å². The van der Waals surface area contributed by atoms with Gasteiger partial charge in [-0.25, -0.2) is 9.37 Å². The molecule has 2 aromatic rings. The van der Waals surface area contributed by atoms with E-state index in [1.807, 2.05) is 0 Å². The second-order valence-electron chi connectivity index (χ2n) is 3.77. The van der Waals surface area contributed by atoms with Crippen molar-refractivity contribution in [1.82, 2.24) is 4.98 Å². The van der Waals surface area contributed by atoms with Gasteiger partial charge in [0.05, 0.1) is 10.0 Å². The Kier molecular flexibility index (Phi) is 3.59. The Bertz CT molecular complexity index is 602. The maximum atomic E-state index is 13.4. The highest BCUT2D eigenvalue weighted by molar-refractivity contribution is 6.37. The van der Waals surface area contributed by atoms with E-state index < -0.39 is 0 Å². The summed E-state index contributed by atoms with van der Waals surface area (Å²) in [6.07, 6.45) is 0. The third-order valence-corrected chi connectivity index (χ3v) is 2.98. The fourth-order valence-corrected chi connectivity index (χ4v) is 1.78. The van der Waals surface area contributed by atoms with E-state index >= 15 is 0 Å². The standard InChI is InChI=1S/C12H10Cl2FN3/c1-6-2-3-7(4-10(6)15)17-12-9(14)5-8(13)11(16)18-12/h2-5H,1H3,(H3,16,17,18). The van der Waals surface area contributed by atoms with E-state index in [-0.39, 0.29) is 16.7 Å². The van der Waals surface area contributed by atoms with Crippen LogP contribution >= 0.6 is 23.2 Å². The van der Waals surface area contributed by atoms with Crippen LogP contribution in [-0.4, -0.2) is 4.98 Å². The van der Waals surface area contributed by atoms with Crippen molar-refractivity contribution in [3.8, 4) is 0 Å². The minimum atomic E-state index is -0.307. The monoisotopic (exact) mass is 285 g/mol. The Morgan fingerprint density at radius 3 is 2.61 bits per heavy atom. The fraction of sp³-hybridized carbons (Fsp3) is 0.0833. The third kappa shape index (κ3) is 2.66. The van der Waals surface area contributed by atoms with Crippen LogP contribution < -0.4 is 11.1 Å². The van der Waals surface area contributed by atoms with Crippen molar-refractivity contribution in [2.24, 2.45) is 0 Å². The fourth-order valence-electron chi connectivity index (χ4n) is 1.38. The molecule has 0 amide bonds. The summed E-state index contributed by atoms with van der Waals surface area (Å²) in [4.78, 5) is 4.00. The normalized spacial score (nSPS) is 10.4. The van der Waals surface area contributed by atoms with Crippen molar-refractivity contribution < 1.29 is 4.39 Å². The van der Waals surface area contributed by atoms with Crippen LogP contribution in [0.25, 0.3) is 0 Å². The zero-order valence-corrected chi connectivity index (χ0v) is 11.0. The lowest BCUT2D eigenvalue weighted by atomic mass is 10.2. The molecule has 1 heterocycles. The number of rotatable bonds is 2. The van der Waals surface area contributed by atoms with Crippen LogP contribution in [0.15, 0.2) is 24.3 Å². The molecule has 0 fully saturated rings. The number of nitrogens with zero attached hydrogens (tertiary/aromatic N) is 1. The van der Waals surface area contributed by atoms with Gasteiger partial charge in [-0.3, -0.25) is 0 Å². The van der Waals surface area contributed by atoms with E-state index in [9.17, 15) is 4.39 Å². The second-order valence-corrected chi connectivity index (χ2v) is 4.59. The number of aryl methyl sites for hydroxylation is 1. The molecule has 1 aromatic carbocycles. The van der Waals surface area contributed by atoms with Crippen LogP contribution in [0.2, 0.25) is 10.0 Å². The number of anilines is 3. The van der Waals surface area contributed by atoms with Gasteiger partial charge in [-0.2, -0.15) is 0 Å². The second kappa shape index (κ2) is 5.00. The van der Waals surface area contributed by atoms with Gasteiger partial charge in [0.25, 0.3) is 0 Å². The molecule has 0 aliphatic rings. The maximum absolute atomic E-state index is 13.4. The number of hydrogen-bond donors (Lipinski definition) is 2. The molecule has 94 valence electrons. The summed E-state index contributed by atoms with van der Waals surface area (Å²) in [6, 6.07) is 6.22. The topological polar surface area (TPSA) is 50.9 Å². The summed E-state index contributed by atoms with van der Waals surface area (Å²) in [5.41, 5.74) is 6.68. The summed E-state index contributed by atoms with van der Waals surface area (Å²) >= 11 is 11.7. The van der Waals surface area contributed by atoms with Gasteiger partial charge in [-0.15, -0.1) is 0 Å². The van der Waals surface area contributed by atoms with Gasteiger partial charge in [0.2, 0.25) is 0 Å². The van der Waals surface area contributed by atoms with Gasteiger partial charge in [-0.05, 0) is 30.7 Å². The molecule has 0 unspecified atom stereocenters. The molecule has 18 heavy (non-hydrogen) atoms. The molecule has 0 saturated carbocycles. The molecule has 3 N–H and O–H groups in total. The number of aromatic nitrogens is 1. The molecule has 2 rings (SSSR count). The Morgan fingerprint density at radius 2 is 1.94 bits per heavy atom. The molecule has 3 nitrogen and oxygen atoms in total. The summed E-state index contributed by atoms with van der Waals surface area (Å²) in [5.74, 6) is 0.191. The summed E-state index contributed by atoms with van der Waals surface area (Å²) in [6.45, 7) is 1.69. The van der Waals surface area contributed by atoms with Crippen molar-refractivity contribution >= 4 is 40.5 Å². The highest BCUT2D eigenvalue weighted by Gasteiger charge is 2.08. The lowest BCUT2D eigenvalue weighted by molar-refractivity contribution is 0.619. The largest absolute Gasteiger partial charge is 0.382 e. The number of nitrogens with two attached hydrogens (primary N) is 1. The molecular weight excluding hydrogens is 276 g/mol. The number of halogens is 3. The van der Waals surface area contributed by atoms with Gasteiger partial charge >= 0.3 is 0 Å². The minimum absolute atomic E-state index is 0.163. The zero-order valence-electron chi connectivity index (χ0n) is 9.47. The van der Waals surface area contributed by atoms with E-state index in [0.29, 0.717) is 22.1 Å². The summed E-state index contributed by atoms with van der Waals surface area (Å²) < 4.78 is 13.4. The first-order valence-electron chi connectivity index (χ1n) is 5.12. The van der Waals surface area contributed by atoms with Crippen molar-refractivity contribution in [3.05, 3.63) is 45.7 Å². The molecule has 0 saturated heterocycles. The van der Waals surface area contributed by atoms with Crippen LogP contribution in [0.1, 0.15) is 5.56 Å². The maximum Gasteiger partial charge on any atom is 0.151 e. The van der Waals surface area contributed by atoms with E-state index in [2.05, 4.69) is 10.3 Å². The predicted octanol–water partition coefficient (Wildman–Crippen LogP) is 4.16. The first-order chi connectivity index (χ1) is 8.47. The van der Waals surface area contributed by atoms with Gasteiger partial charge in [0.15, 0.2) is 5.82 Å². The Hall–Kier alpha value is -1.52. The molecular formula is C12H10Cl2FN3. The molecule has 0 atom stereocenters. The number of nitrogen functional groups attached to an aromatic ring is 1. The van der Waals surface area contributed by atoms with Crippen molar-refractivity contribution in [2.45, 2.75) is 6.92 Å².